The van der Waals surface area contributed by atoms with Gasteiger partial charge in [0.1, 0.15) is 11.6 Å². The number of aromatic nitrogens is 2. The van der Waals surface area contributed by atoms with Gasteiger partial charge in [0, 0.05) is 0 Å². The van der Waals surface area contributed by atoms with Gasteiger partial charge in [-0.05, 0) is 49.7 Å². The summed E-state index contributed by atoms with van der Waals surface area (Å²) in [6.45, 7) is 4.14. The number of rotatable bonds is 6. The van der Waals surface area contributed by atoms with E-state index in [1.54, 1.807) is 43.5 Å². The van der Waals surface area contributed by atoms with Crippen molar-refractivity contribution in [1.82, 2.24) is 10.2 Å². The van der Waals surface area contributed by atoms with Crippen LogP contribution < -0.4 is 10.0 Å². The number of aryl methyl sites for hydroxylation is 2. The van der Waals surface area contributed by atoms with E-state index < -0.39 is 10.0 Å². The van der Waals surface area contributed by atoms with Gasteiger partial charge in [0.15, 0.2) is 5.82 Å². The summed E-state index contributed by atoms with van der Waals surface area (Å²) < 4.78 is 32.6. The van der Waals surface area contributed by atoms with Crippen LogP contribution in [-0.4, -0.2) is 18.6 Å². The molecule has 0 saturated heterocycles. The predicted octanol–water partition coefficient (Wildman–Crippen LogP) is 3.10. The lowest BCUT2D eigenvalue weighted by Crippen LogP contribution is -2.15. The van der Waals surface area contributed by atoms with Crippen molar-refractivity contribution in [2.75, 3.05) is 10.0 Å². The minimum atomic E-state index is -3.71. The van der Waals surface area contributed by atoms with Gasteiger partial charge in [0.05, 0.1) is 17.7 Å². The SMILES string of the molecule is Cc1ccc(S(=O)(=O)Nc2ccc(NCc3ccco3)nn2)c(C)c1. The molecule has 0 aliphatic rings. The Kier molecular flexibility index (Phi) is 4.71. The highest BCUT2D eigenvalue weighted by molar-refractivity contribution is 7.92. The Morgan fingerprint density at radius 2 is 1.80 bits per heavy atom. The van der Waals surface area contributed by atoms with E-state index in [4.69, 9.17) is 4.42 Å². The van der Waals surface area contributed by atoms with Crippen LogP contribution in [0.4, 0.5) is 11.6 Å². The molecule has 0 spiro atoms. The lowest BCUT2D eigenvalue weighted by Gasteiger charge is -2.10. The third-order valence-electron chi connectivity index (χ3n) is 3.55. The highest BCUT2D eigenvalue weighted by atomic mass is 32.2. The molecule has 2 N–H and O–H groups in total. The number of sulfonamides is 1. The van der Waals surface area contributed by atoms with Gasteiger partial charge in [0.25, 0.3) is 10.0 Å². The van der Waals surface area contributed by atoms with E-state index in [0.29, 0.717) is 17.9 Å². The number of anilines is 2. The van der Waals surface area contributed by atoms with Crippen molar-refractivity contribution in [1.29, 1.82) is 0 Å². The first-order valence-electron chi connectivity index (χ1n) is 7.64. The Bertz CT molecular complexity index is 952. The molecule has 0 unspecified atom stereocenters. The van der Waals surface area contributed by atoms with E-state index in [1.807, 2.05) is 19.1 Å². The maximum Gasteiger partial charge on any atom is 0.263 e. The minimum Gasteiger partial charge on any atom is -0.467 e. The van der Waals surface area contributed by atoms with E-state index in [2.05, 4.69) is 20.2 Å². The number of nitrogens with one attached hydrogen (secondary N) is 2. The average Bonchev–Trinajstić information content (AvgIpc) is 3.07. The highest BCUT2D eigenvalue weighted by Gasteiger charge is 2.17. The molecule has 2 aromatic heterocycles. The third kappa shape index (κ3) is 4.16. The first-order chi connectivity index (χ1) is 11.9. The van der Waals surface area contributed by atoms with Gasteiger partial charge >= 0.3 is 0 Å². The molecule has 25 heavy (non-hydrogen) atoms. The van der Waals surface area contributed by atoms with E-state index in [1.165, 1.54) is 0 Å². The van der Waals surface area contributed by atoms with Gasteiger partial charge in [-0.15, -0.1) is 10.2 Å². The van der Waals surface area contributed by atoms with Crippen molar-refractivity contribution in [3.63, 3.8) is 0 Å². The van der Waals surface area contributed by atoms with Crippen LogP contribution in [0.15, 0.2) is 58.0 Å². The zero-order valence-electron chi connectivity index (χ0n) is 13.9. The number of benzene rings is 1. The minimum absolute atomic E-state index is 0.156. The molecule has 7 nitrogen and oxygen atoms in total. The summed E-state index contributed by atoms with van der Waals surface area (Å²) in [5, 5.41) is 10.9. The lowest BCUT2D eigenvalue weighted by atomic mass is 10.2. The van der Waals surface area contributed by atoms with Gasteiger partial charge in [-0.1, -0.05) is 17.7 Å². The summed E-state index contributed by atoms with van der Waals surface area (Å²) in [6.07, 6.45) is 1.59. The molecule has 8 heteroatoms. The van der Waals surface area contributed by atoms with Gasteiger partial charge in [-0.2, -0.15) is 0 Å². The maximum absolute atomic E-state index is 12.5. The number of furan rings is 1. The Hall–Kier alpha value is -2.87. The second kappa shape index (κ2) is 6.94. The average molecular weight is 358 g/mol. The molecule has 0 radical (unpaired) electrons. The van der Waals surface area contributed by atoms with Gasteiger partial charge < -0.3 is 9.73 Å². The quantitative estimate of drug-likeness (QED) is 0.703. The van der Waals surface area contributed by atoms with Gasteiger partial charge in [-0.25, -0.2) is 8.42 Å². The smallest absolute Gasteiger partial charge is 0.263 e. The maximum atomic E-state index is 12.5. The van der Waals surface area contributed by atoms with Crippen LogP contribution in [0.1, 0.15) is 16.9 Å². The Balaban J connectivity index is 1.69. The van der Waals surface area contributed by atoms with Crippen molar-refractivity contribution in [2.24, 2.45) is 0 Å². The fourth-order valence-electron chi connectivity index (χ4n) is 2.37. The number of hydrogen-bond donors (Lipinski definition) is 2. The summed E-state index contributed by atoms with van der Waals surface area (Å²) in [5.41, 5.74) is 1.68. The van der Waals surface area contributed by atoms with Crippen LogP contribution in [-0.2, 0) is 16.6 Å². The van der Waals surface area contributed by atoms with Crippen LogP contribution in [0.3, 0.4) is 0 Å². The standard InChI is InChI=1S/C17H18N4O3S/c1-12-5-6-15(13(2)10-12)25(22,23)21-17-8-7-16(19-20-17)18-11-14-4-3-9-24-14/h3-10H,11H2,1-2H3,(H,18,19)(H,20,21). The van der Waals surface area contributed by atoms with Crippen molar-refractivity contribution in [3.8, 4) is 0 Å². The van der Waals surface area contributed by atoms with Crippen molar-refractivity contribution < 1.29 is 12.8 Å². The number of hydrogen-bond acceptors (Lipinski definition) is 6. The third-order valence-corrected chi connectivity index (χ3v) is 5.06. The molecule has 0 bridgehead atoms. The van der Waals surface area contributed by atoms with Crippen LogP contribution in [0.25, 0.3) is 0 Å². The van der Waals surface area contributed by atoms with Crippen LogP contribution in [0.2, 0.25) is 0 Å². The highest BCUT2D eigenvalue weighted by Crippen LogP contribution is 2.19. The van der Waals surface area contributed by atoms with Gasteiger partial charge in [0.2, 0.25) is 0 Å². The largest absolute Gasteiger partial charge is 0.467 e. The van der Waals surface area contributed by atoms with E-state index in [-0.39, 0.29) is 10.7 Å². The van der Waals surface area contributed by atoms with Crippen molar-refractivity contribution >= 4 is 21.7 Å². The summed E-state index contributed by atoms with van der Waals surface area (Å²) >= 11 is 0. The molecule has 0 atom stereocenters. The van der Waals surface area contributed by atoms with Crippen molar-refractivity contribution in [3.05, 3.63) is 65.6 Å². The Morgan fingerprint density at radius 3 is 2.44 bits per heavy atom. The zero-order valence-corrected chi connectivity index (χ0v) is 14.7. The summed E-state index contributed by atoms with van der Waals surface area (Å²) in [4.78, 5) is 0.222. The topological polar surface area (TPSA) is 97.1 Å². The predicted molar refractivity (Wildman–Crippen MR) is 94.8 cm³/mol. The molecule has 3 rings (SSSR count). The monoisotopic (exact) mass is 358 g/mol. The molecule has 1 aromatic carbocycles. The molecule has 3 aromatic rings. The fraction of sp³-hybridized carbons (Fsp3) is 0.176. The fourth-order valence-corrected chi connectivity index (χ4v) is 3.59. The summed E-state index contributed by atoms with van der Waals surface area (Å²) in [7, 11) is -3.71. The second-order valence-corrected chi connectivity index (χ2v) is 7.26. The van der Waals surface area contributed by atoms with Crippen LogP contribution in [0.5, 0.6) is 0 Å². The summed E-state index contributed by atoms with van der Waals surface area (Å²) in [5.74, 6) is 1.44. The Morgan fingerprint density at radius 1 is 1.04 bits per heavy atom. The molecular formula is C17H18N4O3S. The number of nitrogens with zero attached hydrogens (tertiary/aromatic N) is 2. The normalized spacial score (nSPS) is 11.3. The molecule has 0 aliphatic heterocycles. The van der Waals surface area contributed by atoms with E-state index in [0.717, 1.165) is 11.3 Å². The molecule has 0 saturated carbocycles. The molecule has 0 fully saturated rings. The first kappa shape index (κ1) is 17.0. The first-order valence-corrected chi connectivity index (χ1v) is 9.12. The van der Waals surface area contributed by atoms with Crippen molar-refractivity contribution in [2.45, 2.75) is 25.3 Å². The molecule has 0 aliphatic carbocycles. The second-order valence-electron chi connectivity index (χ2n) is 5.61. The molecular weight excluding hydrogens is 340 g/mol. The Labute approximate surface area is 146 Å². The van der Waals surface area contributed by atoms with Gasteiger partial charge in [-0.3, -0.25) is 4.72 Å². The molecule has 130 valence electrons. The lowest BCUT2D eigenvalue weighted by molar-refractivity contribution is 0.517. The molecule has 0 amide bonds. The van der Waals surface area contributed by atoms with E-state index in [9.17, 15) is 8.42 Å². The van der Waals surface area contributed by atoms with Crippen LogP contribution >= 0.6 is 0 Å². The summed E-state index contributed by atoms with van der Waals surface area (Å²) in [6, 6.07) is 12.0. The molecule has 2 heterocycles. The van der Waals surface area contributed by atoms with Crippen LogP contribution in [0, 0.1) is 13.8 Å². The zero-order chi connectivity index (χ0) is 17.9. The van der Waals surface area contributed by atoms with E-state index >= 15 is 0 Å².